The number of halogens is 1. The van der Waals surface area contributed by atoms with Gasteiger partial charge in [-0.2, -0.15) is 0 Å². The molecule has 15 heavy (non-hydrogen) atoms. The lowest BCUT2D eigenvalue weighted by Gasteiger charge is -2.33. The van der Waals surface area contributed by atoms with Crippen molar-refractivity contribution in [2.24, 2.45) is 11.7 Å². The summed E-state index contributed by atoms with van der Waals surface area (Å²) in [6.07, 6.45) is 2.25. The first-order valence-corrected chi connectivity index (χ1v) is 6.36. The van der Waals surface area contributed by atoms with E-state index in [2.05, 4.69) is 61.0 Å². The topological polar surface area (TPSA) is 26.0 Å². The average Bonchev–Trinajstić information content (AvgIpc) is 2.19. The van der Waals surface area contributed by atoms with Gasteiger partial charge in [0.25, 0.3) is 0 Å². The number of hydrogen-bond donors (Lipinski definition) is 1. The third kappa shape index (κ3) is 2.82. The largest absolute Gasteiger partial charge is 0.321 e. The molecule has 0 aliphatic heterocycles. The fourth-order valence-electron chi connectivity index (χ4n) is 2.18. The van der Waals surface area contributed by atoms with Gasteiger partial charge >= 0.3 is 0 Å². The molecule has 0 aromatic heterocycles. The molecule has 1 aromatic rings. The van der Waals surface area contributed by atoms with Crippen LogP contribution in [0.2, 0.25) is 0 Å². The zero-order valence-electron chi connectivity index (χ0n) is 9.76. The van der Waals surface area contributed by atoms with E-state index in [1.54, 1.807) is 0 Å². The summed E-state index contributed by atoms with van der Waals surface area (Å²) in [6, 6.07) is 8.34. The van der Waals surface area contributed by atoms with E-state index < -0.39 is 0 Å². The van der Waals surface area contributed by atoms with Crippen molar-refractivity contribution in [3.8, 4) is 0 Å². The van der Waals surface area contributed by atoms with Crippen molar-refractivity contribution in [3.63, 3.8) is 0 Å². The second-order valence-electron chi connectivity index (χ2n) is 4.30. The van der Waals surface area contributed by atoms with Gasteiger partial charge in [-0.3, -0.25) is 0 Å². The molecule has 1 unspecified atom stereocenters. The predicted molar refractivity (Wildman–Crippen MR) is 69.8 cm³/mol. The standard InChI is InChI=1S/C13H20BrN/c1-4-10(5-2)13(3,15)11-6-8-12(14)9-7-11/h6-10H,4-5,15H2,1-3H3. The van der Waals surface area contributed by atoms with Crippen molar-refractivity contribution < 1.29 is 0 Å². The normalized spacial score (nSPS) is 15.3. The Labute approximate surface area is 101 Å². The molecular formula is C13H20BrN. The summed E-state index contributed by atoms with van der Waals surface area (Å²) in [6.45, 7) is 6.55. The fourth-order valence-corrected chi connectivity index (χ4v) is 2.45. The van der Waals surface area contributed by atoms with Crippen molar-refractivity contribution in [1.82, 2.24) is 0 Å². The van der Waals surface area contributed by atoms with E-state index in [-0.39, 0.29) is 5.54 Å². The maximum atomic E-state index is 6.44. The molecule has 1 atom stereocenters. The molecule has 0 saturated carbocycles. The van der Waals surface area contributed by atoms with Crippen LogP contribution in [0.5, 0.6) is 0 Å². The summed E-state index contributed by atoms with van der Waals surface area (Å²) >= 11 is 3.44. The number of hydrogen-bond acceptors (Lipinski definition) is 1. The van der Waals surface area contributed by atoms with Crippen LogP contribution in [-0.4, -0.2) is 0 Å². The van der Waals surface area contributed by atoms with E-state index in [0.29, 0.717) is 5.92 Å². The zero-order valence-corrected chi connectivity index (χ0v) is 11.3. The Morgan fingerprint density at radius 1 is 1.20 bits per heavy atom. The Bertz CT molecular complexity index is 299. The van der Waals surface area contributed by atoms with Gasteiger partial charge in [0, 0.05) is 10.0 Å². The third-order valence-corrected chi connectivity index (χ3v) is 3.83. The maximum Gasteiger partial charge on any atom is 0.0409 e. The van der Waals surface area contributed by atoms with Gasteiger partial charge in [0.15, 0.2) is 0 Å². The average molecular weight is 270 g/mol. The minimum atomic E-state index is -0.218. The van der Waals surface area contributed by atoms with Crippen LogP contribution in [0.3, 0.4) is 0 Å². The van der Waals surface area contributed by atoms with Crippen molar-refractivity contribution in [3.05, 3.63) is 34.3 Å². The summed E-state index contributed by atoms with van der Waals surface area (Å²) in [7, 11) is 0. The van der Waals surface area contributed by atoms with Crippen molar-refractivity contribution >= 4 is 15.9 Å². The van der Waals surface area contributed by atoms with Crippen LogP contribution < -0.4 is 5.73 Å². The van der Waals surface area contributed by atoms with Crippen LogP contribution >= 0.6 is 15.9 Å². The highest BCUT2D eigenvalue weighted by Crippen LogP contribution is 2.31. The lowest BCUT2D eigenvalue weighted by Crippen LogP contribution is -2.40. The molecule has 0 aliphatic carbocycles. The summed E-state index contributed by atoms with van der Waals surface area (Å²) < 4.78 is 1.10. The number of rotatable bonds is 4. The van der Waals surface area contributed by atoms with Gasteiger partial charge in [0.2, 0.25) is 0 Å². The van der Waals surface area contributed by atoms with Gasteiger partial charge in [-0.15, -0.1) is 0 Å². The van der Waals surface area contributed by atoms with E-state index in [9.17, 15) is 0 Å². The first-order chi connectivity index (χ1) is 7.02. The Morgan fingerprint density at radius 2 is 1.67 bits per heavy atom. The van der Waals surface area contributed by atoms with E-state index >= 15 is 0 Å². The lowest BCUT2D eigenvalue weighted by atomic mass is 9.77. The molecule has 0 bridgehead atoms. The molecule has 0 spiro atoms. The second-order valence-corrected chi connectivity index (χ2v) is 5.22. The van der Waals surface area contributed by atoms with Crippen LogP contribution in [0.1, 0.15) is 39.2 Å². The minimum absolute atomic E-state index is 0.218. The minimum Gasteiger partial charge on any atom is -0.321 e. The van der Waals surface area contributed by atoms with E-state index in [0.717, 1.165) is 17.3 Å². The van der Waals surface area contributed by atoms with Gasteiger partial charge in [0.05, 0.1) is 0 Å². The Kier molecular flexibility index (Phi) is 4.35. The van der Waals surface area contributed by atoms with Gasteiger partial charge in [-0.05, 0) is 30.5 Å². The lowest BCUT2D eigenvalue weighted by molar-refractivity contribution is 0.282. The first-order valence-electron chi connectivity index (χ1n) is 5.57. The molecule has 2 heteroatoms. The quantitative estimate of drug-likeness (QED) is 0.877. The van der Waals surface area contributed by atoms with Crippen molar-refractivity contribution in [2.45, 2.75) is 39.2 Å². The highest BCUT2D eigenvalue weighted by molar-refractivity contribution is 9.10. The number of nitrogens with two attached hydrogens (primary N) is 1. The molecule has 2 N–H and O–H groups in total. The summed E-state index contributed by atoms with van der Waals surface area (Å²) in [5.41, 5.74) is 7.44. The molecule has 0 saturated heterocycles. The van der Waals surface area contributed by atoms with Crippen LogP contribution in [0.15, 0.2) is 28.7 Å². The molecule has 84 valence electrons. The Hall–Kier alpha value is -0.340. The molecule has 1 aromatic carbocycles. The van der Waals surface area contributed by atoms with Gasteiger partial charge in [0.1, 0.15) is 0 Å². The van der Waals surface area contributed by atoms with Crippen molar-refractivity contribution in [2.75, 3.05) is 0 Å². The molecule has 1 rings (SSSR count). The SMILES string of the molecule is CCC(CC)C(C)(N)c1ccc(Br)cc1. The van der Waals surface area contributed by atoms with Crippen LogP contribution in [0.25, 0.3) is 0 Å². The molecule has 0 amide bonds. The second kappa shape index (κ2) is 5.13. The van der Waals surface area contributed by atoms with Gasteiger partial charge < -0.3 is 5.73 Å². The molecule has 1 nitrogen and oxygen atoms in total. The number of benzene rings is 1. The smallest absolute Gasteiger partial charge is 0.0409 e. The third-order valence-electron chi connectivity index (χ3n) is 3.30. The first kappa shape index (κ1) is 12.7. The Balaban J connectivity index is 2.98. The van der Waals surface area contributed by atoms with Crippen LogP contribution in [-0.2, 0) is 5.54 Å². The molecular weight excluding hydrogens is 250 g/mol. The van der Waals surface area contributed by atoms with Crippen molar-refractivity contribution in [1.29, 1.82) is 0 Å². The maximum absolute atomic E-state index is 6.44. The van der Waals surface area contributed by atoms with Gasteiger partial charge in [-0.1, -0.05) is 54.8 Å². The van der Waals surface area contributed by atoms with Crippen LogP contribution in [0, 0.1) is 5.92 Å². The molecule has 0 heterocycles. The monoisotopic (exact) mass is 269 g/mol. The highest BCUT2D eigenvalue weighted by atomic mass is 79.9. The van der Waals surface area contributed by atoms with E-state index in [1.165, 1.54) is 5.56 Å². The molecule has 0 aliphatic rings. The fraction of sp³-hybridized carbons (Fsp3) is 0.538. The molecule has 0 fully saturated rings. The summed E-state index contributed by atoms with van der Waals surface area (Å²) in [4.78, 5) is 0. The predicted octanol–water partition coefficient (Wildman–Crippen LogP) is 4.06. The Morgan fingerprint density at radius 3 is 2.07 bits per heavy atom. The van der Waals surface area contributed by atoms with Gasteiger partial charge in [-0.25, -0.2) is 0 Å². The summed E-state index contributed by atoms with van der Waals surface area (Å²) in [5, 5.41) is 0. The highest BCUT2D eigenvalue weighted by Gasteiger charge is 2.29. The summed E-state index contributed by atoms with van der Waals surface area (Å²) in [5.74, 6) is 0.540. The zero-order chi connectivity index (χ0) is 11.5. The van der Waals surface area contributed by atoms with E-state index in [4.69, 9.17) is 5.73 Å². The molecule has 0 radical (unpaired) electrons. The van der Waals surface area contributed by atoms with Crippen LogP contribution in [0.4, 0.5) is 0 Å². The van der Waals surface area contributed by atoms with E-state index in [1.807, 2.05) is 0 Å².